The van der Waals surface area contributed by atoms with Gasteiger partial charge in [0.25, 0.3) is 0 Å². The highest BCUT2D eigenvalue weighted by molar-refractivity contribution is 9.28. The maximum absolute atomic E-state index is 6.84. The molecule has 0 fully saturated rings. The molecule has 0 aromatic rings. The van der Waals surface area contributed by atoms with Crippen molar-refractivity contribution in [2.45, 2.75) is 109 Å². The van der Waals surface area contributed by atoms with E-state index in [-0.39, 0.29) is 35.2 Å². The van der Waals surface area contributed by atoms with Crippen LogP contribution in [0.5, 0.6) is 0 Å². The summed E-state index contributed by atoms with van der Waals surface area (Å²) in [4.78, 5) is 0. The van der Waals surface area contributed by atoms with Gasteiger partial charge in [0.1, 0.15) is 12.9 Å². The maximum Gasteiger partial charge on any atom is 0.192 e. The van der Waals surface area contributed by atoms with E-state index < -0.39 is 16.6 Å². The van der Waals surface area contributed by atoms with E-state index in [2.05, 4.69) is 107 Å². The Morgan fingerprint density at radius 1 is 0.897 bits per heavy atom. The monoisotopic (exact) mass is 574 g/mol. The third kappa shape index (κ3) is 10.4. The van der Waals surface area contributed by atoms with Crippen LogP contribution in [0.1, 0.15) is 54.9 Å². The molecule has 0 aliphatic carbocycles. The maximum atomic E-state index is 6.84. The van der Waals surface area contributed by atoms with Gasteiger partial charge in [0, 0.05) is 13.2 Å². The first kappa shape index (κ1) is 30.0. The quantitative estimate of drug-likeness (QED) is 0.186. The van der Waals surface area contributed by atoms with Crippen LogP contribution in [0, 0.1) is 0 Å². The molecule has 0 saturated carbocycles. The fourth-order valence-electron chi connectivity index (χ4n) is 2.39. The van der Waals surface area contributed by atoms with Gasteiger partial charge in [0.15, 0.2) is 16.6 Å². The zero-order chi connectivity index (χ0) is 23.3. The summed E-state index contributed by atoms with van der Waals surface area (Å²) in [5.41, 5.74) is 0. The summed E-state index contributed by atoms with van der Waals surface area (Å²) in [7, 11) is -2.24. The van der Waals surface area contributed by atoms with E-state index in [1.165, 1.54) is 0 Å². The lowest BCUT2D eigenvalue weighted by molar-refractivity contribution is -0.0957. The van der Waals surface area contributed by atoms with Gasteiger partial charge >= 0.3 is 0 Å². The Morgan fingerprint density at radius 3 is 1.72 bits per heavy atom. The fraction of sp³-hybridized carbons (Fsp3) is 0.905. The van der Waals surface area contributed by atoms with Crippen molar-refractivity contribution in [3.8, 4) is 0 Å². The van der Waals surface area contributed by atoms with Gasteiger partial charge in [0.2, 0.25) is 0 Å². The van der Waals surface area contributed by atoms with Crippen LogP contribution < -0.4 is 0 Å². The van der Waals surface area contributed by atoms with Crippen molar-refractivity contribution in [2.75, 3.05) is 13.9 Å². The lowest BCUT2D eigenvalue weighted by atomic mass is 10.1. The predicted octanol–water partition coefficient (Wildman–Crippen LogP) is 7.80. The molecular formula is C21H44Br2O4Si2. The van der Waals surface area contributed by atoms with E-state index in [1.807, 2.05) is 6.08 Å². The molecule has 0 saturated heterocycles. The molecule has 0 rings (SSSR count). The first-order valence-corrected chi connectivity index (χ1v) is 17.7. The Balaban J connectivity index is 5.75. The molecule has 0 aliphatic rings. The van der Waals surface area contributed by atoms with Crippen LogP contribution in [-0.2, 0) is 18.3 Å². The van der Waals surface area contributed by atoms with Gasteiger partial charge in [-0.3, -0.25) is 0 Å². The van der Waals surface area contributed by atoms with Crippen molar-refractivity contribution >= 4 is 48.5 Å². The van der Waals surface area contributed by atoms with Crippen LogP contribution in [-0.4, -0.2) is 48.8 Å². The number of hydrogen-bond acceptors (Lipinski definition) is 4. The molecule has 0 unspecified atom stereocenters. The Kier molecular flexibility index (Phi) is 12.1. The minimum atomic E-state index is -2.01. The zero-order valence-electron chi connectivity index (χ0n) is 20.6. The van der Waals surface area contributed by atoms with Crippen molar-refractivity contribution in [1.29, 1.82) is 0 Å². The summed E-state index contributed by atoms with van der Waals surface area (Å²) >= 11 is 6.97. The lowest BCUT2D eigenvalue weighted by Gasteiger charge is -2.43. The van der Waals surface area contributed by atoms with Gasteiger partial charge in [-0.2, -0.15) is 0 Å². The van der Waals surface area contributed by atoms with Crippen LogP contribution in [0.2, 0.25) is 36.3 Å². The number of methoxy groups -OCH3 is 1. The highest BCUT2D eigenvalue weighted by Crippen LogP contribution is 2.40. The van der Waals surface area contributed by atoms with E-state index >= 15 is 0 Å². The molecule has 0 bridgehead atoms. The minimum Gasteiger partial charge on any atom is -0.414 e. The predicted molar refractivity (Wildman–Crippen MR) is 137 cm³/mol. The highest BCUT2D eigenvalue weighted by Gasteiger charge is 2.43. The van der Waals surface area contributed by atoms with Gasteiger partial charge in [0.05, 0.1) is 9.50 Å². The van der Waals surface area contributed by atoms with E-state index in [0.717, 1.165) is 9.81 Å². The van der Waals surface area contributed by atoms with E-state index in [4.69, 9.17) is 18.3 Å². The SMILES string of the molecule is COCO[C@@H](C=C(Br)Br)[C@H](C[C@H](C)O[Si](C)(C)C(C)(C)C)O[Si](C)(C)C(C)(C)C. The van der Waals surface area contributed by atoms with E-state index in [1.54, 1.807) is 7.11 Å². The Morgan fingerprint density at radius 2 is 1.34 bits per heavy atom. The largest absolute Gasteiger partial charge is 0.414 e. The van der Waals surface area contributed by atoms with Crippen molar-refractivity contribution in [3.05, 3.63) is 9.47 Å². The first-order chi connectivity index (χ1) is 12.8. The number of rotatable bonds is 11. The van der Waals surface area contributed by atoms with Crippen molar-refractivity contribution in [1.82, 2.24) is 0 Å². The third-order valence-corrected chi connectivity index (χ3v) is 15.8. The Hall–Kier alpha value is 0.974. The number of hydrogen-bond donors (Lipinski definition) is 0. The molecule has 0 spiro atoms. The molecule has 0 aromatic heterocycles. The molecule has 0 aliphatic heterocycles. The number of halogens is 2. The van der Waals surface area contributed by atoms with Gasteiger partial charge in [-0.15, -0.1) is 0 Å². The zero-order valence-corrected chi connectivity index (χ0v) is 25.8. The average Bonchev–Trinajstić information content (AvgIpc) is 2.47. The van der Waals surface area contributed by atoms with Crippen LogP contribution in [0.3, 0.4) is 0 Å². The van der Waals surface area contributed by atoms with Crippen molar-refractivity contribution < 1.29 is 18.3 Å². The molecular weight excluding hydrogens is 532 g/mol. The summed E-state index contributed by atoms with van der Waals surface area (Å²) in [6, 6.07) is 0. The highest BCUT2D eigenvalue weighted by atomic mass is 79.9. The standard InChI is InChI=1S/C21H44Br2O4Si2/c1-16(26-28(9,10)20(2,3)4)13-18(27-29(11,12)21(5,6)7)17(14-19(22)23)25-15-24-8/h14,16-18H,13,15H2,1-12H3/t16-,17-,18-/m0/s1. The molecule has 29 heavy (non-hydrogen) atoms. The lowest BCUT2D eigenvalue weighted by Crippen LogP contribution is -2.49. The fourth-order valence-corrected chi connectivity index (χ4v) is 5.71. The second-order valence-electron chi connectivity index (χ2n) is 10.8. The second-order valence-corrected chi connectivity index (χ2v) is 23.1. The average molecular weight is 577 g/mol. The first-order valence-electron chi connectivity index (χ1n) is 10.3. The van der Waals surface area contributed by atoms with E-state index in [9.17, 15) is 0 Å². The summed E-state index contributed by atoms with van der Waals surface area (Å²) in [5.74, 6) is 0. The van der Waals surface area contributed by atoms with E-state index in [0.29, 0.717) is 0 Å². The smallest absolute Gasteiger partial charge is 0.192 e. The minimum absolute atomic E-state index is 0.0711. The van der Waals surface area contributed by atoms with Gasteiger partial charge in [-0.1, -0.05) is 41.5 Å². The molecule has 0 aromatic carbocycles. The van der Waals surface area contributed by atoms with Crippen molar-refractivity contribution in [3.63, 3.8) is 0 Å². The molecule has 8 heteroatoms. The molecule has 4 nitrogen and oxygen atoms in total. The van der Waals surface area contributed by atoms with Gasteiger partial charge in [-0.05, 0) is 87.5 Å². The third-order valence-electron chi connectivity index (χ3n) is 6.15. The topological polar surface area (TPSA) is 36.9 Å². The number of ether oxygens (including phenoxy) is 2. The van der Waals surface area contributed by atoms with Gasteiger partial charge < -0.3 is 18.3 Å². The summed E-state index contributed by atoms with van der Waals surface area (Å²) in [5, 5.41) is 0.276. The van der Waals surface area contributed by atoms with Crippen LogP contribution in [0.4, 0.5) is 0 Å². The molecule has 0 N–H and O–H groups in total. The van der Waals surface area contributed by atoms with Gasteiger partial charge in [-0.25, -0.2) is 0 Å². The molecule has 0 heterocycles. The summed E-state index contributed by atoms with van der Waals surface area (Å²) in [6.45, 7) is 25.1. The Bertz CT molecular complexity index is 522. The Labute approximate surface area is 199 Å². The van der Waals surface area contributed by atoms with Crippen LogP contribution in [0.15, 0.2) is 9.47 Å². The second kappa shape index (κ2) is 11.7. The normalized spacial score (nSPS) is 17.0. The molecule has 0 radical (unpaired) electrons. The van der Waals surface area contributed by atoms with Crippen LogP contribution in [0.25, 0.3) is 0 Å². The van der Waals surface area contributed by atoms with Crippen molar-refractivity contribution in [2.24, 2.45) is 0 Å². The van der Waals surface area contributed by atoms with Crippen LogP contribution >= 0.6 is 31.9 Å². The molecule has 174 valence electrons. The summed E-state index contributed by atoms with van der Waals surface area (Å²) < 4.78 is 25.5. The summed E-state index contributed by atoms with van der Waals surface area (Å²) in [6.07, 6.45) is 2.45. The molecule has 3 atom stereocenters. The molecule has 0 amide bonds.